The van der Waals surface area contributed by atoms with Gasteiger partial charge in [0.25, 0.3) is 0 Å². The van der Waals surface area contributed by atoms with Gasteiger partial charge in [-0.25, -0.2) is 4.99 Å². The quantitative estimate of drug-likeness (QED) is 0.522. The number of rotatable bonds is 2. The lowest BCUT2D eigenvalue weighted by molar-refractivity contribution is 0.415. The number of hydrogen-bond acceptors (Lipinski definition) is 2. The molecule has 0 aliphatic heterocycles. The van der Waals surface area contributed by atoms with Crippen molar-refractivity contribution in [2.24, 2.45) is 4.99 Å². The van der Waals surface area contributed by atoms with Crippen molar-refractivity contribution in [3.05, 3.63) is 29.8 Å². The van der Waals surface area contributed by atoms with E-state index in [4.69, 9.17) is 10.1 Å². The van der Waals surface area contributed by atoms with E-state index >= 15 is 0 Å². The monoisotopic (exact) mass is 162 g/mol. The van der Waals surface area contributed by atoms with Crippen LogP contribution in [0.25, 0.3) is 0 Å². The van der Waals surface area contributed by atoms with Gasteiger partial charge in [-0.3, -0.25) is 5.41 Å². The number of nitrogens with zero attached hydrogens (tertiary/aromatic N) is 1. The van der Waals surface area contributed by atoms with Crippen LogP contribution in [0.1, 0.15) is 5.56 Å². The van der Waals surface area contributed by atoms with E-state index in [9.17, 15) is 0 Å². The van der Waals surface area contributed by atoms with Gasteiger partial charge in [-0.1, -0.05) is 0 Å². The number of hydrogen-bond donors (Lipinski definition) is 1. The molecule has 0 fully saturated rings. The standard InChI is InChI=1S/C9H10N2O/c1-11-9(10)7-3-5-8(12-2)6-4-7/h3-6,10H,1H2,2H3. The lowest BCUT2D eigenvalue weighted by Crippen LogP contribution is -1.93. The van der Waals surface area contributed by atoms with Crippen LogP contribution in [0.3, 0.4) is 0 Å². The number of ether oxygens (including phenoxy) is 1. The summed E-state index contributed by atoms with van der Waals surface area (Å²) in [6.07, 6.45) is 0. The van der Waals surface area contributed by atoms with Crippen molar-refractivity contribution >= 4 is 12.6 Å². The maximum atomic E-state index is 7.34. The van der Waals surface area contributed by atoms with E-state index in [-0.39, 0.29) is 5.84 Å². The molecule has 1 N–H and O–H groups in total. The molecule has 0 unspecified atom stereocenters. The normalized spacial score (nSPS) is 9.08. The summed E-state index contributed by atoms with van der Waals surface area (Å²) in [6, 6.07) is 7.12. The van der Waals surface area contributed by atoms with Crippen LogP contribution in [0.4, 0.5) is 0 Å². The van der Waals surface area contributed by atoms with Crippen molar-refractivity contribution in [3.8, 4) is 5.75 Å². The second-order valence-electron chi connectivity index (χ2n) is 2.24. The first kappa shape index (κ1) is 8.46. The summed E-state index contributed by atoms with van der Waals surface area (Å²) < 4.78 is 4.97. The summed E-state index contributed by atoms with van der Waals surface area (Å²) in [5.41, 5.74) is 0.741. The van der Waals surface area contributed by atoms with E-state index in [1.807, 2.05) is 0 Å². The maximum Gasteiger partial charge on any atom is 0.151 e. The zero-order chi connectivity index (χ0) is 8.97. The molecule has 3 heteroatoms. The van der Waals surface area contributed by atoms with E-state index in [1.54, 1.807) is 31.4 Å². The van der Waals surface area contributed by atoms with Crippen LogP contribution in [0, 0.1) is 5.41 Å². The summed E-state index contributed by atoms with van der Waals surface area (Å²) in [7, 11) is 1.60. The van der Waals surface area contributed by atoms with Crippen LogP contribution in [0.5, 0.6) is 5.75 Å². The molecule has 1 aromatic carbocycles. The average molecular weight is 162 g/mol. The van der Waals surface area contributed by atoms with Crippen LogP contribution in [0.2, 0.25) is 0 Å². The molecule has 62 valence electrons. The van der Waals surface area contributed by atoms with Gasteiger partial charge in [-0.15, -0.1) is 0 Å². The summed E-state index contributed by atoms with van der Waals surface area (Å²) >= 11 is 0. The fraction of sp³-hybridized carbons (Fsp3) is 0.111. The zero-order valence-electron chi connectivity index (χ0n) is 6.87. The maximum absolute atomic E-state index is 7.34. The van der Waals surface area contributed by atoms with Crippen LogP contribution in [0.15, 0.2) is 29.3 Å². The van der Waals surface area contributed by atoms with Gasteiger partial charge in [0.2, 0.25) is 0 Å². The van der Waals surface area contributed by atoms with Gasteiger partial charge in [0, 0.05) is 5.56 Å². The molecule has 0 radical (unpaired) electrons. The van der Waals surface area contributed by atoms with Crippen LogP contribution < -0.4 is 4.74 Å². The summed E-state index contributed by atoms with van der Waals surface area (Å²) in [5, 5.41) is 7.34. The van der Waals surface area contributed by atoms with Gasteiger partial charge in [0.05, 0.1) is 7.11 Å². The van der Waals surface area contributed by atoms with Gasteiger partial charge >= 0.3 is 0 Å². The first-order valence-corrected chi connectivity index (χ1v) is 3.47. The minimum Gasteiger partial charge on any atom is -0.497 e. The SMILES string of the molecule is C=NC(=N)c1ccc(OC)cc1. The highest BCUT2D eigenvalue weighted by molar-refractivity contribution is 5.99. The third-order valence-electron chi connectivity index (χ3n) is 1.52. The first-order chi connectivity index (χ1) is 5.77. The molecule has 0 aliphatic rings. The number of methoxy groups -OCH3 is 1. The fourth-order valence-electron chi connectivity index (χ4n) is 0.840. The highest BCUT2D eigenvalue weighted by Gasteiger charge is 1.97. The second kappa shape index (κ2) is 3.67. The van der Waals surface area contributed by atoms with Crippen molar-refractivity contribution in [2.75, 3.05) is 7.11 Å². The van der Waals surface area contributed by atoms with E-state index < -0.39 is 0 Å². The van der Waals surface area contributed by atoms with Crippen molar-refractivity contribution in [1.29, 1.82) is 5.41 Å². The van der Waals surface area contributed by atoms with Gasteiger partial charge in [-0.2, -0.15) is 0 Å². The van der Waals surface area contributed by atoms with Gasteiger partial charge in [0.1, 0.15) is 5.75 Å². The molecule has 0 aromatic heterocycles. The Morgan fingerprint density at radius 3 is 2.42 bits per heavy atom. The van der Waals surface area contributed by atoms with Crippen LogP contribution in [-0.4, -0.2) is 19.7 Å². The molecule has 0 bridgehead atoms. The Morgan fingerprint density at radius 2 is 2.00 bits per heavy atom. The number of benzene rings is 1. The molecule has 0 atom stereocenters. The van der Waals surface area contributed by atoms with Crippen molar-refractivity contribution < 1.29 is 4.74 Å². The minimum absolute atomic E-state index is 0.178. The zero-order valence-corrected chi connectivity index (χ0v) is 6.87. The fourth-order valence-corrected chi connectivity index (χ4v) is 0.840. The predicted molar refractivity (Wildman–Crippen MR) is 49.4 cm³/mol. The van der Waals surface area contributed by atoms with Crippen molar-refractivity contribution in [1.82, 2.24) is 0 Å². The lowest BCUT2D eigenvalue weighted by atomic mass is 10.2. The highest BCUT2D eigenvalue weighted by atomic mass is 16.5. The topological polar surface area (TPSA) is 45.4 Å². The Labute approximate surface area is 71.2 Å². The Kier molecular flexibility index (Phi) is 2.58. The van der Waals surface area contributed by atoms with E-state index in [0.29, 0.717) is 0 Å². The molecule has 0 saturated heterocycles. The third-order valence-corrected chi connectivity index (χ3v) is 1.52. The molecule has 0 spiro atoms. The number of aliphatic imine (C=N–C) groups is 1. The van der Waals surface area contributed by atoms with E-state index in [2.05, 4.69) is 11.7 Å². The minimum atomic E-state index is 0.178. The molecule has 0 aliphatic carbocycles. The van der Waals surface area contributed by atoms with Gasteiger partial charge < -0.3 is 4.74 Å². The molecule has 0 amide bonds. The second-order valence-corrected chi connectivity index (χ2v) is 2.24. The smallest absolute Gasteiger partial charge is 0.151 e. The molecule has 1 rings (SSSR count). The van der Waals surface area contributed by atoms with E-state index in [0.717, 1.165) is 11.3 Å². The van der Waals surface area contributed by atoms with Crippen molar-refractivity contribution in [3.63, 3.8) is 0 Å². The average Bonchev–Trinajstić information content (AvgIpc) is 2.17. The molecular weight excluding hydrogens is 152 g/mol. The number of amidine groups is 1. The van der Waals surface area contributed by atoms with Crippen LogP contribution in [-0.2, 0) is 0 Å². The van der Waals surface area contributed by atoms with Crippen LogP contribution >= 0.6 is 0 Å². The Hall–Kier alpha value is -1.64. The van der Waals surface area contributed by atoms with Crippen molar-refractivity contribution in [2.45, 2.75) is 0 Å². The molecule has 0 heterocycles. The van der Waals surface area contributed by atoms with E-state index in [1.165, 1.54) is 0 Å². The number of nitrogens with one attached hydrogen (secondary N) is 1. The summed E-state index contributed by atoms with van der Waals surface area (Å²) in [4.78, 5) is 3.51. The summed E-state index contributed by atoms with van der Waals surface area (Å²) in [6.45, 7) is 3.27. The van der Waals surface area contributed by atoms with Gasteiger partial charge in [0.15, 0.2) is 5.84 Å². The van der Waals surface area contributed by atoms with Gasteiger partial charge in [-0.05, 0) is 31.0 Å². The molecule has 3 nitrogen and oxygen atoms in total. The first-order valence-electron chi connectivity index (χ1n) is 3.47. The predicted octanol–water partition coefficient (Wildman–Crippen LogP) is 1.72. The Morgan fingerprint density at radius 1 is 1.42 bits per heavy atom. The highest BCUT2D eigenvalue weighted by Crippen LogP contribution is 2.11. The Balaban J connectivity index is 2.91. The molecule has 0 saturated carbocycles. The molecule has 12 heavy (non-hydrogen) atoms. The lowest BCUT2D eigenvalue weighted by Gasteiger charge is -2.00. The third kappa shape index (κ3) is 1.69. The molecular formula is C9H10N2O. The largest absolute Gasteiger partial charge is 0.497 e. The Bertz CT molecular complexity index is 290. The summed E-state index contributed by atoms with van der Waals surface area (Å²) in [5.74, 6) is 0.952. The molecule has 1 aromatic rings.